The van der Waals surface area contributed by atoms with Gasteiger partial charge < -0.3 is 5.11 Å². The normalized spacial score (nSPS) is 10.6. The van der Waals surface area contributed by atoms with E-state index >= 15 is 0 Å². The zero-order valence-corrected chi connectivity index (χ0v) is 9.15. The van der Waals surface area contributed by atoms with Crippen molar-refractivity contribution in [1.29, 1.82) is 0 Å². The largest absolute Gasteiger partial charge is 0.392 e. The summed E-state index contributed by atoms with van der Waals surface area (Å²) in [4.78, 5) is 0. The van der Waals surface area contributed by atoms with E-state index in [0.29, 0.717) is 0 Å². The molecule has 0 aromatic heterocycles. The van der Waals surface area contributed by atoms with E-state index in [1.54, 1.807) is 0 Å². The van der Waals surface area contributed by atoms with Gasteiger partial charge in [-0.05, 0) is 68.0 Å². The first-order chi connectivity index (χ1) is 6.00. The predicted molar refractivity (Wildman–Crippen MR) is 56.0 cm³/mol. The standard InChI is InChI=1S/C12H18O/c1-7-8(2)10(4)12(6-13)11(5)9(7)3/h13H,6H2,1-5H3. The molecule has 0 aliphatic rings. The monoisotopic (exact) mass is 178 g/mol. The van der Waals surface area contributed by atoms with Crippen molar-refractivity contribution in [1.82, 2.24) is 0 Å². The van der Waals surface area contributed by atoms with E-state index in [0.717, 1.165) is 5.56 Å². The summed E-state index contributed by atoms with van der Waals surface area (Å²) in [5, 5.41) is 9.24. The van der Waals surface area contributed by atoms with Gasteiger partial charge in [-0.3, -0.25) is 0 Å². The fraction of sp³-hybridized carbons (Fsp3) is 0.500. The van der Waals surface area contributed by atoms with Crippen LogP contribution in [0.5, 0.6) is 0 Å². The fourth-order valence-corrected chi connectivity index (χ4v) is 1.81. The Morgan fingerprint density at radius 1 is 0.692 bits per heavy atom. The van der Waals surface area contributed by atoms with Gasteiger partial charge in [-0.2, -0.15) is 0 Å². The highest BCUT2D eigenvalue weighted by molar-refractivity contribution is 5.48. The van der Waals surface area contributed by atoms with Crippen molar-refractivity contribution in [3.8, 4) is 0 Å². The molecule has 1 rings (SSSR count). The minimum Gasteiger partial charge on any atom is -0.392 e. The molecule has 0 atom stereocenters. The number of hydrogen-bond acceptors (Lipinski definition) is 1. The number of hydrogen-bond donors (Lipinski definition) is 1. The Balaban J connectivity index is 3.56. The Kier molecular flexibility index (Phi) is 2.77. The van der Waals surface area contributed by atoms with Crippen LogP contribution in [0.3, 0.4) is 0 Å². The second-order valence-electron chi connectivity index (χ2n) is 3.76. The molecule has 0 saturated carbocycles. The maximum atomic E-state index is 9.24. The van der Waals surface area contributed by atoms with Gasteiger partial charge in [0.05, 0.1) is 6.61 Å². The number of aliphatic hydroxyl groups excluding tert-OH is 1. The summed E-state index contributed by atoms with van der Waals surface area (Å²) in [6.45, 7) is 10.7. The van der Waals surface area contributed by atoms with Gasteiger partial charge in [0.25, 0.3) is 0 Å². The third kappa shape index (κ3) is 1.49. The lowest BCUT2D eigenvalue weighted by Crippen LogP contribution is -2.02. The summed E-state index contributed by atoms with van der Waals surface area (Å²) in [5.41, 5.74) is 7.55. The molecule has 0 amide bonds. The summed E-state index contributed by atoms with van der Waals surface area (Å²) in [6, 6.07) is 0. The number of rotatable bonds is 1. The molecule has 0 aliphatic carbocycles. The van der Waals surface area contributed by atoms with E-state index in [2.05, 4.69) is 34.6 Å². The van der Waals surface area contributed by atoms with E-state index < -0.39 is 0 Å². The highest BCUT2D eigenvalue weighted by Gasteiger charge is 2.10. The molecule has 1 heteroatoms. The smallest absolute Gasteiger partial charge is 0.0687 e. The molecule has 1 N–H and O–H groups in total. The Hall–Kier alpha value is -0.820. The molecule has 0 unspecified atom stereocenters. The van der Waals surface area contributed by atoms with Crippen molar-refractivity contribution >= 4 is 0 Å². The molecular formula is C12H18O. The maximum absolute atomic E-state index is 9.24. The minimum absolute atomic E-state index is 0.152. The second kappa shape index (κ2) is 3.51. The maximum Gasteiger partial charge on any atom is 0.0687 e. The number of benzene rings is 1. The van der Waals surface area contributed by atoms with E-state index in [1.165, 1.54) is 27.8 Å². The molecule has 0 heterocycles. The van der Waals surface area contributed by atoms with Crippen LogP contribution >= 0.6 is 0 Å². The van der Waals surface area contributed by atoms with Crippen LogP contribution < -0.4 is 0 Å². The summed E-state index contributed by atoms with van der Waals surface area (Å²) >= 11 is 0. The van der Waals surface area contributed by atoms with Gasteiger partial charge in [0.15, 0.2) is 0 Å². The zero-order chi connectivity index (χ0) is 10.2. The molecule has 13 heavy (non-hydrogen) atoms. The van der Waals surface area contributed by atoms with E-state index in [9.17, 15) is 5.11 Å². The summed E-state index contributed by atoms with van der Waals surface area (Å²) in [7, 11) is 0. The van der Waals surface area contributed by atoms with Crippen LogP contribution in [0.1, 0.15) is 33.4 Å². The molecule has 1 aromatic rings. The SMILES string of the molecule is Cc1c(C)c(C)c(CO)c(C)c1C. The highest BCUT2D eigenvalue weighted by Crippen LogP contribution is 2.25. The van der Waals surface area contributed by atoms with Gasteiger partial charge in [-0.15, -0.1) is 0 Å². The molecule has 0 bridgehead atoms. The van der Waals surface area contributed by atoms with Gasteiger partial charge in [-0.25, -0.2) is 0 Å². The molecule has 72 valence electrons. The molecule has 1 nitrogen and oxygen atoms in total. The van der Waals surface area contributed by atoms with Gasteiger partial charge in [0.2, 0.25) is 0 Å². The van der Waals surface area contributed by atoms with Crippen LogP contribution in [-0.4, -0.2) is 5.11 Å². The van der Waals surface area contributed by atoms with E-state index in [1.807, 2.05) is 0 Å². The Morgan fingerprint density at radius 2 is 1.00 bits per heavy atom. The first-order valence-corrected chi connectivity index (χ1v) is 4.67. The first kappa shape index (κ1) is 10.3. The number of aliphatic hydroxyl groups is 1. The lowest BCUT2D eigenvalue weighted by molar-refractivity contribution is 0.280. The molecule has 0 fully saturated rings. The average Bonchev–Trinajstić information content (AvgIpc) is 2.13. The third-order valence-electron chi connectivity index (χ3n) is 3.31. The van der Waals surface area contributed by atoms with Crippen LogP contribution in [-0.2, 0) is 6.61 Å². The first-order valence-electron chi connectivity index (χ1n) is 4.67. The highest BCUT2D eigenvalue weighted by atomic mass is 16.3. The van der Waals surface area contributed by atoms with Crippen LogP contribution in [0.25, 0.3) is 0 Å². The Labute approximate surface area is 80.4 Å². The molecule has 1 aromatic carbocycles. The molecular weight excluding hydrogens is 160 g/mol. The van der Waals surface area contributed by atoms with Crippen LogP contribution in [0.15, 0.2) is 0 Å². The van der Waals surface area contributed by atoms with Gasteiger partial charge in [0.1, 0.15) is 0 Å². The quantitative estimate of drug-likeness (QED) is 0.701. The van der Waals surface area contributed by atoms with Crippen molar-refractivity contribution in [2.24, 2.45) is 0 Å². The van der Waals surface area contributed by atoms with Crippen molar-refractivity contribution in [3.05, 3.63) is 33.4 Å². The Morgan fingerprint density at radius 3 is 1.31 bits per heavy atom. The van der Waals surface area contributed by atoms with E-state index in [-0.39, 0.29) is 6.61 Å². The lowest BCUT2D eigenvalue weighted by atomic mass is 9.90. The van der Waals surface area contributed by atoms with Crippen LogP contribution in [0.2, 0.25) is 0 Å². The van der Waals surface area contributed by atoms with Crippen molar-refractivity contribution in [2.45, 2.75) is 41.2 Å². The molecule has 0 aliphatic heterocycles. The second-order valence-corrected chi connectivity index (χ2v) is 3.76. The van der Waals surface area contributed by atoms with Crippen LogP contribution in [0, 0.1) is 34.6 Å². The fourth-order valence-electron chi connectivity index (χ4n) is 1.81. The van der Waals surface area contributed by atoms with Crippen molar-refractivity contribution in [3.63, 3.8) is 0 Å². The average molecular weight is 178 g/mol. The van der Waals surface area contributed by atoms with Crippen molar-refractivity contribution in [2.75, 3.05) is 0 Å². The summed E-state index contributed by atoms with van der Waals surface area (Å²) in [6.07, 6.45) is 0. The topological polar surface area (TPSA) is 20.2 Å². The van der Waals surface area contributed by atoms with Gasteiger partial charge in [0, 0.05) is 0 Å². The van der Waals surface area contributed by atoms with Gasteiger partial charge >= 0.3 is 0 Å². The van der Waals surface area contributed by atoms with E-state index in [4.69, 9.17) is 0 Å². The third-order valence-corrected chi connectivity index (χ3v) is 3.31. The van der Waals surface area contributed by atoms with Gasteiger partial charge in [-0.1, -0.05) is 0 Å². The lowest BCUT2D eigenvalue weighted by Gasteiger charge is -2.16. The zero-order valence-electron chi connectivity index (χ0n) is 9.15. The molecule has 0 saturated heterocycles. The van der Waals surface area contributed by atoms with Crippen molar-refractivity contribution < 1.29 is 5.11 Å². The summed E-state index contributed by atoms with van der Waals surface area (Å²) in [5.74, 6) is 0. The molecule has 0 radical (unpaired) electrons. The molecule has 0 spiro atoms. The predicted octanol–water partition coefficient (Wildman–Crippen LogP) is 2.72. The Bertz CT molecular complexity index is 308. The minimum atomic E-state index is 0.152. The summed E-state index contributed by atoms with van der Waals surface area (Å²) < 4.78 is 0. The van der Waals surface area contributed by atoms with Crippen LogP contribution in [0.4, 0.5) is 0 Å².